The van der Waals surface area contributed by atoms with E-state index >= 15 is 0 Å². The molecule has 3 amide bonds. The van der Waals surface area contributed by atoms with Crippen LogP contribution in [0.5, 0.6) is 5.75 Å². The summed E-state index contributed by atoms with van der Waals surface area (Å²) in [5, 5.41) is 0. The lowest BCUT2D eigenvalue weighted by Crippen LogP contribution is -2.46. The summed E-state index contributed by atoms with van der Waals surface area (Å²) < 4.78 is 15.9. The number of para-hydroxylation sites is 1. The molecule has 0 spiro atoms. The topological polar surface area (TPSA) is 114 Å². The third kappa shape index (κ3) is 5.48. The number of hydrogen-bond acceptors (Lipinski definition) is 6. The summed E-state index contributed by atoms with van der Waals surface area (Å²) >= 11 is 0. The fraction of sp³-hybridized carbons (Fsp3) is 0.150. The maximum absolute atomic E-state index is 12.1. The standard InChI is InChI=1S/C20H19N3O6/c1-23(20(26)17-8-5-11-27-17)12-18(24)21-22-19(25)16-10-9-15(29-16)13-28-14-6-3-2-4-7-14/h2-11H,12-13H2,1H3,(H,21,24)(H,22,25). The molecule has 29 heavy (non-hydrogen) atoms. The molecular weight excluding hydrogens is 378 g/mol. The Morgan fingerprint density at radius 2 is 1.76 bits per heavy atom. The molecule has 9 heteroatoms. The first kappa shape index (κ1) is 19.7. The summed E-state index contributed by atoms with van der Waals surface area (Å²) in [7, 11) is 1.44. The van der Waals surface area contributed by atoms with Crippen molar-refractivity contribution in [2.45, 2.75) is 6.61 Å². The van der Waals surface area contributed by atoms with Gasteiger partial charge >= 0.3 is 5.91 Å². The third-order valence-corrected chi connectivity index (χ3v) is 3.78. The summed E-state index contributed by atoms with van der Waals surface area (Å²) in [5.74, 6) is -0.415. The number of benzene rings is 1. The van der Waals surface area contributed by atoms with Crippen LogP contribution in [0.15, 0.2) is 69.7 Å². The summed E-state index contributed by atoms with van der Waals surface area (Å²) in [6, 6.07) is 15.3. The molecule has 0 aliphatic rings. The van der Waals surface area contributed by atoms with Gasteiger partial charge in [-0.05, 0) is 36.4 Å². The molecule has 0 saturated heterocycles. The Balaban J connectivity index is 1.43. The fourth-order valence-electron chi connectivity index (χ4n) is 2.35. The van der Waals surface area contributed by atoms with Crippen LogP contribution in [-0.4, -0.2) is 36.2 Å². The number of hydrazine groups is 1. The van der Waals surface area contributed by atoms with E-state index in [-0.39, 0.29) is 24.7 Å². The number of carbonyl (C=O) groups excluding carboxylic acids is 3. The van der Waals surface area contributed by atoms with E-state index in [2.05, 4.69) is 10.9 Å². The molecule has 2 N–H and O–H groups in total. The van der Waals surface area contributed by atoms with Gasteiger partial charge in [-0.1, -0.05) is 18.2 Å². The number of rotatable bonds is 7. The molecule has 2 heterocycles. The lowest BCUT2D eigenvalue weighted by atomic mass is 10.3. The normalized spacial score (nSPS) is 10.2. The summed E-state index contributed by atoms with van der Waals surface area (Å²) in [6.45, 7) is -0.114. The van der Waals surface area contributed by atoms with Crippen LogP contribution in [-0.2, 0) is 11.4 Å². The van der Waals surface area contributed by atoms with Crippen molar-refractivity contribution < 1.29 is 28.0 Å². The van der Waals surface area contributed by atoms with Crippen molar-refractivity contribution in [2.24, 2.45) is 0 Å². The summed E-state index contributed by atoms with van der Waals surface area (Å²) in [5.41, 5.74) is 4.46. The molecule has 0 fully saturated rings. The molecule has 0 radical (unpaired) electrons. The highest BCUT2D eigenvalue weighted by molar-refractivity contribution is 5.95. The lowest BCUT2D eigenvalue weighted by Gasteiger charge is -2.15. The van der Waals surface area contributed by atoms with E-state index in [0.717, 1.165) is 4.90 Å². The number of nitrogens with zero attached hydrogens (tertiary/aromatic N) is 1. The number of carbonyl (C=O) groups is 3. The molecule has 0 saturated carbocycles. The van der Waals surface area contributed by atoms with E-state index < -0.39 is 17.7 Å². The fourth-order valence-corrected chi connectivity index (χ4v) is 2.35. The average Bonchev–Trinajstić information content (AvgIpc) is 3.43. The molecule has 2 aromatic heterocycles. The Morgan fingerprint density at radius 1 is 0.966 bits per heavy atom. The van der Waals surface area contributed by atoms with Crippen LogP contribution in [0.25, 0.3) is 0 Å². The van der Waals surface area contributed by atoms with Crippen LogP contribution in [0.3, 0.4) is 0 Å². The van der Waals surface area contributed by atoms with Gasteiger partial charge in [0, 0.05) is 7.05 Å². The maximum atomic E-state index is 12.1. The van der Waals surface area contributed by atoms with E-state index in [4.69, 9.17) is 13.6 Å². The van der Waals surface area contributed by atoms with Gasteiger partial charge in [0.05, 0.1) is 6.26 Å². The molecule has 150 valence electrons. The molecule has 3 aromatic rings. The number of amides is 3. The minimum absolute atomic E-state index is 0.0111. The van der Waals surface area contributed by atoms with Gasteiger partial charge in [-0.3, -0.25) is 25.2 Å². The number of hydrogen-bond donors (Lipinski definition) is 2. The van der Waals surface area contributed by atoms with Gasteiger partial charge < -0.3 is 18.5 Å². The Morgan fingerprint density at radius 3 is 2.48 bits per heavy atom. The first-order valence-electron chi connectivity index (χ1n) is 8.67. The molecule has 3 rings (SSSR count). The van der Waals surface area contributed by atoms with Gasteiger partial charge in [-0.25, -0.2) is 0 Å². The largest absolute Gasteiger partial charge is 0.486 e. The van der Waals surface area contributed by atoms with Crippen LogP contribution < -0.4 is 15.6 Å². The van der Waals surface area contributed by atoms with Gasteiger partial charge in [0.1, 0.15) is 24.7 Å². The molecule has 0 atom stereocenters. The molecule has 1 aromatic carbocycles. The summed E-state index contributed by atoms with van der Waals surface area (Å²) in [4.78, 5) is 37.2. The number of likely N-dealkylation sites (N-methyl/N-ethyl adjacent to an activating group) is 1. The van der Waals surface area contributed by atoms with Crippen molar-refractivity contribution in [1.82, 2.24) is 15.8 Å². The molecule has 9 nitrogen and oxygen atoms in total. The first-order valence-corrected chi connectivity index (χ1v) is 8.67. The predicted molar refractivity (Wildman–Crippen MR) is 101 cm³/mol. The van der Waals surface area contributed by atoms with Crippen LogP contribution in [0.4, 0.5) is 0 Å². The van der Waals surface area contributed by atoms with Gasteiger partial charge in [-0.15, -0.1) is 0 Å². The van der Waals surface area contributed by atoms with E-state index in [1.165, 1.54) is 25.4 Å². The van der Waals surface area contributed by atoms with E-state index in [0.29, 0.717) is 11.5 Å². The minimum Gasteiger partial charge on any atom is -0.486 e. The number of nitrogens with one attached hydrogen (secondary N) is 2. The van der Waals surface area contributed by atoms with Crippen molar-refractivity contribution in [3.8, 4) is 5.75 Å². The second kappa shape index (κ2) is 9.27. The third-order valence-electron chi connectivity index (χ3n) is 3.78. The highest BCUT2D eigenvalue weighted by atomic mass is 16.5. The molecule has 0 aliphatic carbocycles. The second-order valence-electron chi connectivity index (χ2n) is 6.01. The van der Waals surface area contributed by atoms with Gasteiger partial charge in [0.15, 0.2) is 11.5 Å². The molecule has 0 aliphatic heterocycles. The molecular formula is C20H19N3O6. The van der Waals surface area contributed by atoms with Crippen molar-refractivity contribution in [1.29, 1.82) is 0 Å². The predicted octanol–water partition coefficient (Wildman–Crippen LogP) is 1.98. The van der Waals surface area contributed by atoms with Gasteiger partial charge in [-0.2, -0.15) is 0 Å². The first-order chi connectivity index (χ1) is 14.0. The summed E-state index contributed by atoms with van der Waals surface area (Å²) in [6.07, 6.45) is 1.36. The smallest absolute Gasteiger partial charge is 0.305 e. The Kier molecular flexibility index (Phi) is 6.31. The second-order valence-corrected chi connectivity index (χ2v) is 6.01. The zero-order valence-corrected chi connectivity index (χ0v) is 15.6. The Hall–Kier alpha value is -4.01. The highest BCUT2D eigenvalue weighted by Gasteiger charge is 2.18. The van der Waals surface area contributed by atoms with Gasteiger partial charge in [0.2, 0.25) is 0 Å². The number of ether oxygens (including phenoxy) is 1. The van der Waals surface area contributed by atoms with Crippen LogP contribution in [0.2, 0.25) is 0 Å². The highest BCUT2D eigenvalue weighted by Crippen LogP contribution is 2.13. The Labute approximate surface area is 166 Å². The van der Waals surface area contributed by atoms with Crippen LogP contribution >= 0.6 is 0 Å². The van der Waals surface area contributed by atoms with Crippen LogP contribution in [0.1, 0.15) is 26.9 Å². The number of furan rings is 2. The SMILES string of the molecule is CN(CC(=O)NNC(=O)c1ccc(COc2ccccc2)o1)C(=O)c1ccco1. The van der Waals surface area contributed by atoms with Crippen molar-refractivity contribution >= 4 is 17.7 Å². The van der Waals surface area contributed by atoms with Crippen molar-refractivity contribution in [3.63, 3.8) is 0 Å². The van der Waals surface area contributed by atoms with Crippen LogP contribution in [0, 0.1) is 0 Å². The average molecular weight is 397 g/mol. The lowest BCUT2D eigenvalue weighted by molar-refractivity contribution is -0.122. The monoisotopic (exact) mass is 397 g/mol. The molecule has 0 bridgehead atoms. The maximum Gasteiger partial charge on any atom is 0.305 e. The zero-order valence-electron chi connectivity index (χ0n) is 15.6. The zero-order chi connectivity index (χ0) is 20.6. The van der Waals surface area contributed by atoms with Crippen molar-refractivity contribution in [3.05, 3.63) is 78.1 Å². The van der Waals surface area contributed by atoms with E-state index in [1.807, 2.05) is 18.2 Å². The van der Waals surface area contributed by atoms with E-state index in [1.54, 1.807) is 24.3 Å². The van der Waals surface area contributed by atoms with Crippen molar-refractivity contribution in [2.75, 3.05) is 13.6 Å². The quantitative estimate of drug-likeness (QED) is 0.590. The molecule has 0 unspecified atom stereocenters. The Bertz CT molecular complexity index is 965. The van der Waals surface area contributed by atoms with Gasteiger partial charge in [0.25, 0.3) is 11.8 Å². The minimum atomic E-state index is -0.635. The van der Waals surface area contributed by atoms with E-state index in [9.17, 15) is 14.4 Å².